The van der Waals surface area contributed by atoms with Gasteiger partial charge in [-0.2, -0.15) is 0 Å². The first-order valence-corrected chi connectivity index (χ1v) is 15.0. The molecule has 43 heavy (non-hydrogen) atoms. The van der Waals surface area contributed by atoms with E-state index < -0.39 is 6.03 Å². The summed E-state index contributed by atoms with van der Waals surface area (Å²) < 4.78 is 6.06. The Kier molecular flexibility index (Phi) is 8.08. The molecule has 11 heteroatoms. The molecule has 4 aromatic rings. The zero-order valence-electron chi connectivity index (χ0n) is 23.9. The van der Waals surface area contributed by atoms with E-state index in [0.717, 1.165) is 18.4 Å². The predicted octanol–water partition coefficient (Wildman–Crippen LogP) is 5.77. The van der Waals surface area contributed by atoms with Gasteiger partial charge in [-0.15, -0.1) is 11.3 Å². The van der Waals surface area contributed by atoms with E-state index in [4.69, 9.17) is 4.74 Å². The lowest BCUT2D eigenvalue weighted by atomic mass is 10.0. The number of ether oxygens (including phenoxy) is 1. The number of aryl methyl sites for hydroxylation is 1. The lowest BCUT2D eigenvalue weighted by Gasteiger charge is -2.39. The average Bonchev–Trinajstić information content (AvgIpc) is 3.38. The minimum atomic E-state index is -0.402. The summed E-state index contributed by atoms with van der Waals surface area (Å²) in [5.41, 5.74) is 2.64. The standard InChI is InChI=1S/C32H32N6O4S/c1-20-18-23(42-22-9-4-3-5-10-22)12-13-25(20)38(21-8-7-17-37(19-21)26(39)11-6-15-33-2)31(40)29-28-27-24(35-32(41)36-28)14-16-34-30(27)43-29/h3-6,9-14,16,18,21,33H,7-8,15,17,19H2,1-2H3,(H2,35,36,41). The van der Waals surface area contributed by atoms with Gasteiger partial charge in [0.25, 0.3) is 5.91 Å². The van der Waals surface area contributed by atoms with Gasteiger partial charge < -0.3 is 30.5 Å². The number of anilines is 3. The van der Waals surface area contributed by atoms with E-state index in [1.54, 1.807) is 34.2 Å². The normalized spacial score (nSPS) is 16.2. The molecular formula is C32H32N6O4S. The summed E-state index contributed by atoms with van der Waals surface area (Å²) in [7, 11) is 1.83. The number of piperidine rings is 1. The third kappa shape index (κ3) is 5.81. The number of rotatable bonds is 8. The van der Waals surface area contributed by atoms with Crippen molar-refractivity contribution in [3.05, 3.63) is 83.4 Å². The van der Waals surface area contributed by atoms with Crippen molar-refractivity contribution in [2.45, 2.75) is 25.8 Å². The van der Waals surface area contributed by atoms with Crippen molar-refractivity contribution in [3.8, 4) is 11.5 Å². The largest absolute Gasteiger partial charge is 0.457 e. The highest BCUT2D eigenvalue weighted by atomic mass is 32.1. The highest BCUT2D eigenvalue weighted by molar-refractivity contribution is 7.21. The maximum atomic E-state index is 14.6. The molecule has 10 nitrogen and oxygen atoms in total. The summed E-state index contributed by atoms with van der Waals surface area (Å²) in [6.45, 7) is 3.54. The van der Waals surface area contributed by atoms with E-state index in [1.807, 2.05) is 62.5 Å². The Labute approximate surface area is 253 Å². The second-order valence-electron chi connectivity index (χ2n) is 10.5. The van der Waals surface area contributed by atoms with Gasteiger partial charge in [0, 0.05) is 37.6 Å². The second-order valence-corrected chi connectivity index (χ2v) is 11.5. The Balaban J connectivity index is 1.39. The summed E-state index contributed by atoms with van der Waals surface area (Å²) >= 11 is 1.25. The number of likely N-dealkylation sites (tertiary alicyclic amines) is 1. The van der Waals surface area contributed by atoms with E-state index in [9.17, 15) is 14.4 Å². The number of pyridine rings is 1. The van der Waals surface area contributed by atoms with Crippen molar-refractivity contribution < 1.29 is 19.1 Å². The van der Waals surface area contributed by atoms with Gasteiger partial charge in [0.1, 0.15) is 21.2 Å². The number of thiophene rings is 1. The number of carbonyl (C=O) groups excluding carboxylic acids is 3. The van der Waals surface area contributed by atoms with Gasteiger partial charge in [-0.05, 0) is 68.8 Å². The number of nitrogens with zero attached hydrogens (tertiary/aromatic N) is 3. The van der Waals surface area contributed by atoms with Crippen LogP contribution in [0.3, 0.4) is 0 Å². The first-order chi connectivity index (χ1) is 20.9. The number of hydrogen-bond acceptors (Lipinski definition) is 7. The molecule has 1 fully saturated rings. The number of hydrogen-bond donors (Lipinski definition) is 3. The molecule has 0 bridgehead atoms. The van der Waals surface area contributed by atoms with E-state index in [0.29, 0.717) is 63.3 Å². The van der Waals surface area contributed by atoms with Gasteiger partial charge >= 0.3 is 6.03 Å². The van der Waals surface area contributed by atoms with Crippen molar-refractivity contribution in [3.63, 3.8) is 0 Å². The van der Waals surface area contributed by atoms with Crippen LogP contribution in [0.15, 0.2) is 72.9 Å². The number of likely N-dealkylation sites (N-methyl/N-ethyl adjacent to an activating group) is 1. The first kappa shape index (κ1) is 28.4. The number of amides is 4. The van der Waals surface area contributed by atoms with Crippen LogP contribution in [-0.2, 0) is 4.79 Å². The second kappa shape index (κ2) is 12.2. The zero-order chi connectivity index (χ0) is 29.9. The Morgan fingerprint density at radius 2 is 2.00 bits per heavy atom. The average molecular weight is 597 g/mol. The Bertz CT molecular complexity index is 1720. The minimum absolute atomic E-state index is 0.0835. The van der Waals surface area contributed by atoms with Crippen LogP contribution in [0.2, 0.25) is 0 Å². The van der Waals surface area contributed by atoms with Gasteiger partial charge in [0.15, 0.2) is 0 Å². The number of aromatic nitrogens is 1. The summed E-state index contributed by atoms with van der Waals surface area (Å²) in [5, 5.41) is 9.37. The SMILES string of the molecule is CNCC=CC(=O)N1CCCC(N(C(=O)c2sc3nccc4c3c2NC(=O)N4)c2ccc(Oc3ccccc3)cc2C)C1. The molecule has 6 rings (SSSR count). The predicted molar refractivity (Wildman–Crippen MR) is 169 cm³/mol. The van der Waals surface area contributed by atoms with Crippen LogP contribution in [0.5, 0.6) is 11.5 Å². The smallest absolute Gasteiger partial charge is 0.323 e. The summed E-state index contributed by atoms with van der Waals surface area (Å²) in [6, 6.07) is 16.2. The molecule has 220 valence electrons. The molecule has 2 aliphatic rings. The molecule has 0 spiro atoms. The first-order valence-electron chi connectivity index (χ1n) is 14.2. The Hall–Kier alpha value is -4.74. The van der Waals surface area contributed by atoms with Crippen LogP contribution in [0.25, 0.3) is 10.2 Å². The number of carbonyl (C=O) groups is 3. The van der Waals surface area contributed by atoms with E-state index in [2.05, 4.69) is 20.9 Å². The quantitative estimate of drug-likeness (QED) is 0.223. The van der Waals surface area contributed by atoms with Gasteiger partial charge in [0.05, 0.1) is 22.8 Å². The monoisotopic (exact) mass is 596 g/mol. The third-order valence-corrected chi connectivity index (χ3v) is 8.64. The number of nitrogens with one attached hydrogen (secondary N) is 3. The van der Waals surface area contributed by atoms with Crippen molar-refractivity contribution in [2.75, 3.05) is 42.2 Å². The van der Waals surface area contributed by atoms with Crippen LogP contribution in [0.1, 0.15) is 28.1 Å². The van der Waals surface area contributed by atoms with Crippen molar-refractivity contribution >= 4 is 56.5 Å². The van der Waals surface area contributed by atoms with Crippen LogP contribution < -0.4 is 25.6 Å². The van der Waals surface area contributed by atoms with E-state index in [-0.39, 0.29) is 17.9 Å². The molecule has 1 saturated heterocycles. The van der Waals surface area contributed by atoms with E-state index in [1.165, 1.54) is 11.3 Å². The number of benzene rings is 2. The maximum absolute atomic E-state index is 14.6. The van der Waals surface area contributed by atoms with Crippen molar-refractivity contribution in [2.24, 2.45) is 0 Å². The fourth-order valence-corrected chi connectivity index (χ4v) is 6.64. The summed E-state index contributed by atoms with van der Waals surface area (Å²) in [4.78, 5) is 49.3. The molecule has 0 aliphatic carbocycles. The van der Waals surface area contributed by atoms with E-state index >= 15 is 0 Å². The fourth-order valence-electron chi connectivity index (χ4n) is 5.58. The lowest BCUT2D eigenvalue weighted by Crippen LogP contribution is -2.52. The molecule has 3 N–H and O–H groups in total. The minimum Gasteiger partial charge on any atom is -0.457 e. The summed E-state index contributed by atoms with van der Waals surface area (Å²) in [6.07, 6.45) is 6.47. The third-order valence-electron chi connectivity index (χ3n) is 7.55. The van der Waals surface area contributed by atoms with Crippen LogP contribution in [0.4, 0.5) is 21.9 Å². The zero-order valence-corrected chi connectivity index (χ0v) is 24.7. The molecule has 2 aliphatic heterocycles. The van der Waals surface area contributed by atoms with Crippen LogP contribution in [0, 0.1) is 6.92 Å². The fraction of sp³-hybridized carbons (Fsp3) is 0.250. The Morgan fingerprint density at radius 1 is 1.16 bits per heavy atom. The molecule has 1 unspecified atom stereocenters. The van der Waals surface area contributed by atoms with Gasteiger partial charge in [-0.1, -0.05) is 24.3 Å². The van der Waals surface area contributed by atoms with Crippen molar-refractivity contribution in [1.29, 1.82) is 0 Å². The molecule has 2 aromatic carbocycles. The van der Waals surface area contributed by atoms with Crippen LogP contribution >= 0.6 is 11.3 Å². The number of para-hydroxylation sites is 1. The van der Waals surface area contributed by atoms with Crippen molar-refractivity contribution in [1.82, 2.24) is 15.2 Å². The highest BCUT2D eigenvalue weighted by Crippen LogP contribution is 2.43. The molecule has 1 atom stereocenters. The number of urea groups is 1. The van der Waals surface area contributed by atoms with Crippen LogP contribution in [-0.4, -0.2) is 60.5 Å². The molecule has 0 radical (unpaired) electrons. The highest BCUT2D eigenvalue weighted by Gasteiger charge is 2.36. The molecule has 0 saturated carbocycles. The lowest BCUT2D eigenvalue weighted by molar-refractivity contribution is -0.127. The maximum Gasteiger partial charge on any atom is 0.323 e. The topological polar surface area (TPSA) is 116 Å². The van der Waals surface area contributed by atoms with Gasteiger partial charge in [-0.3, -0.25) is 9.59 Å². The summed E-state index contributed by atoms with van der Waals surface area (Å²) in [5.74, 6) is 1.03. The molecule has 4 heterocycles. The Morgan fingerprint density at radius 3 is 2.79 bits per heavy atom. The van der Waals surface area contributed by atoms with Gasteiger partial charge in [-0.25, -0.2) is 9.78 Å². The molecule has 2 aromatic heterocycles. The molecule has 4 amide bonds. The van der Waals surface area contributed by atoms with Gasteiger partial charge in [0.2, 0.25) is 5.91 Å². The molecular weight excluding hydrogens is 564 g/mol.